The van der Waals surface area contributed by atoms with Crippen LogP contribution >= 0.6 is 0 Å². The van der Waals surface area contributed by atoms with E-state index in [2.05, 4.69) is 16.2 Å². The molecule has 1 N–H and O–H groups in total. The van der Waals surface area contributed by atoms with E-state index < -0.39 is 17.7 Å². The number of ether oxygens (including phenoxy) is 1. The molecule has 0 unspecified atom stereocenters. The molecule has 0 aliphatic carbocycles. The third-order valence-electron chi connectivity index (χ3n) is 0.586. The van der Waals surface area contributed by atoms with Crippen molar-refractivity contribution >= 4 is 6.16 Å². The van der Waals surface area contributed by atoms with Crippen LogP contribution in [0.1, 0.15) is 20.8 Å². The quantitative estimate of drug-likeness (QED) is 0.308. The van der Waals surface area contributed by atoms with Crippen LogP contribution in [0.15, 0.2) is 12.5 Å². The zero-order valence-electron chi connectivity index (χ0n) is 7.29. The first kappa shape index (κ1) is 10.8. The monoisotopic (exact) mass is 176 g/mol. The lowest BCUT2D eigenvalue weighted by Gasteiger charge is -2.17. The van der Waals surface area contributed by atoms with Crippen LogP contribution in [0.2, 0.25) is 0 Å². The molecule has 12 heavy (non-hydrogen) atoms. The highest BCUT2D eigenvalue weighted by molar-refractivity contribution is 5.57. The van der Waals surface area contributed by atoms with Gasteiger partial charge < -0.3 is 9.84 Å². The van der Waals surface area contributed by atoms with Gasteiger partial charge in [-0.1, -0.05) is 0 Å². The minimum absolute atomic E-state index is 0.405. The maximum Gasteiger partial charge on any atom is 0.513 e. The summed E-state index contributed by atoms with van der Waals surface area (Å²) in [5.74, 6) is -0.405. The molecule has 0 aromatic heterocycles. The van der Waals surface area contributed by atoms with Crippen LogP contribution in [0.3, 0.4) is 0 Å². The van der Waals surface area contributed by atoms with Crippen molar-refractivity contribution < 1.29 is 24.4 Å². The first-order valence-electron chi connectivity index (χ1n) is 3.26. The predicted molar refractivity (Wildman–Crippen MR) is 40.2 cm³/mol. The lowest BCUT2D eigenvalue weighted by atomic mass is 10.2. The van der Waals surface area contributed by atoms with Gasteiger partial charge in [-0.2, -0.15) is 4.89 Å². The first-order valence-corrected chi connectivity index (χ1v) is 3.26. The summed E-state index contributed by atoms with van der Waals surface area (Å²) in [7, 11) is 0. The molecule has 0 spiro atoms. The van der Waals surface area contributed by atoms with E-state index in [4.69, 9.17) is 9.99 Å². The summed E-state index contributed by atoms with van der Waals surface area (Å²) in [5, 5.41) is 8.09. The summed E-state index contributed by atoms with van der Waals surface area (Å²) in [6.45, 7) is 8.36. The third-order valence-corrected chi connectivity index (χ3v) is 0.586. The van der Waals surface area contributed by atoms with E-state index >= 15 is 0 Å². The van der Waals surface area contributed by atoms with Crippen molar-refractivity contribution in [2.45, 2.75) is 26.4 Å². The van der Waals surface area contributed by atoms with E-state index in [1.165, 1.54) is 0 Å². The zero-order valence-corrected chi connectivity index (χ0v) is 7.29. The Morgan fingerprint density at radius 2 is 1.92 bits per heavy atom. The molecule has 0 heterocycles. The van der Waals surface area contributed by atoms with Gasteiger partial charge >= 0.3 is 12.1 Å². The van der Waals surface area contributed by atoms with E-state index in [1.807, 2.05) is 0 Å². The van der Waals surface area contributed by atoms with Crippen LogP contribution in [0.25, 0.3) is 0 Å². The second kappa shape index (κ2) is 3.96. The Labute approximate surface area is 70.5 Å². The Hall–Kier alpha value is -1.23. The largest absolute Gasteiger partial charge is 0.513 e. The van der Waals surface area contributed by atoms with E-state index in [0.29, 0.717) is 0 Å². The van der Waals surface area contributed by atoms with Gasteiger partial charge in [-0.05, 0) is 27.4 Å². The number of hydrogen-bond donors (Lipinski definition) is 1. The van der Waals surface area contributed by atoms with Crippen molar-refractivity contribution in [2.75, 3.05) is 0 Å². The van der Waals surface area contributed by atoms with Crippen LogP contribution in [0.5, 0.6) is 0 Å². The summed E-state index contributed by atoms with van der Waals surface area (Å²) >= 11 is 0. The van der Waals surface area contributed by atoms with Gasteiger partial charge in [0.2, 0.25) is 0 Å². The molecule has 0 saturated heterocycles. The van der Waals surface area contributed by atoms with Gasteiger partial charge in [0.15, 0.2) is 0 Å². The highest BCUT2D eigenvalue weighted by atomic mass is 17.2. The van der Waals surface area contributed by atoms with Gasteiger partial charge in [-0.3, -0.25) is 4.89 Å². The zero-order chi connectivity index (χ0) is 9.78. The predicted octanol–water partition coefficient (Wildman–Crippen LogP) is 1.90. The van der Waals surface area contributed by atoms with Crippen molar-refractivity contribution in [3.63, 3.8) is 0 Å². The van der Waals surface area contributed by atoms with Crippen molar-refractivity contribution in [3.05, 3.63) is 12.5 Å². The lowest BCUT2D eigenvalue weighted by molar-refractivity contribution is -0.340. The van der Waals surface area contributed by atoms with Crippen LogP contribution in [-0.2, 0) is 14.5 Å². The smallest absolute Gasteiger partial charge is 0.449 e. The minimum atomic E-state index is -1.49. The molecule has 0 radical (unpaired) electrons. The van der Waals surface area contributed by atoms with E-state index in [-0.39, 0.29) is 0 Å². The Morgan fingerprint density at radius 1 is 1.42 bits per heavy atom. The normalized spacial score (nSPS) is 10.6. The fourth-order valence-corrected chi connectivity index (χ4v) is 0.286. The SMILES string of the molecule is C=C(OOC(C)(C)C)OC(=O)O. The molecule has 0 rings (SSSR count). The Balaban J connectivity index is 3.65. The fraction of sp³-hybridized carbons (Fsp3) is 0.571. The van der Waals surface area contributed by atoms with Crippen molar-refractivity contribution in [1.82, 2.24) is 0 Å². The third kappa shape index (κ3) is 6.88. The van der Waals surface area contributed by atoms with E-state index in [9.17, 15) is 4.79 Å². The number of hydrogen-bond acceptors (Lipinski definition) is 4. The highest BCUT2D eigenvalue weighted by Gasteiger charge is 2.14. The average Bonchev–Trinajstić information content (AvgIpc) is 1.80. The molecule has 0 atom stereocenters. The van der Waals surface area contributed by atoms with Crippen molar-refractivity contribution in [1.29, 1.82) is 0 Å². The van der Waals surface area contributed by atoms with Gasteiger partial charge in [0.1, 0.15) is 5.60 Å². The van der Waals surface area contributed by atoms with Crippen LogP contribution in [0, 0.1) is 0 Å². The van der Waals surface area contributed by atoms with Gasteiger partial charge in [0.05, 0.1) is 0 Å². The molecule has 5 nitrogen and oxygen atoms in total. The minimum Gasteiger partial charge on any atom is -0.449 e. The Morgan fingerprint density at radius 3 is 2.25 bits per heavy atom. The summed E-state index contributed by atoms with van der Waals surface area (Å²) in [6.07, 6.45) is -1.49. The average molecular weight is 176 g/mol. The molecule has 0 amide bonds. The molecular formula is C7H12O5. The number of carboxylic acid groups (broad SMARTS) is 1. The van der Waals surface area contributed by atoms with Gasteiger partial charge in [0.25, 0.3) is 0 Å². The molecule has 0 bridgehead atoms. The maximum absolute atomic E-state index is 9.92. The Bertz CT molecular complexity index is 179. The molecular weight excluding hydrogens is 164 g/mol. The highest BCUT2D eigenvalue weighted by Crippen LogP contribution is 2.10. The first-order chi connectivity index (χ1) is 5.31. The lowest BCUT2D eigenvalue weighted by Crippen LogP contribution is -2.19. The molecule has 0 saturated carbocycles. The number of carbonyl (C=O) groups is 1. The standard InChI is InChI=1S/C7H12O5/c1-5(10-6(8)9)11-12-7(2,3)4/h1H2,2-4H3,(H,8,9). The fourth-order valence-electron chi connectivity index (χ4n) is 0.286. The molecule has 0 fully saturated rings. The topological polar surface area (TPSA) is 65.0 Å². The summed E-state index contributed by atoms with van der Waals surface area (Å²) in [4.78, 5) is 19.0. The molecule has 5 heteroatoms. The van der Waals surface area contributed by atoms with Crippen LogP contribution in [-0.4, -0.2) is 16.9 Å². The van der Waals surface area contributed by atoms with Gasteiger partial charge in [-0.15, -0.1) is 0 Å². The van der Waals surface area contributed by atoms with E-state index in [1.54, 1.807) is 20.8 Å². The van der Waals surface area contributed by atoms with Crippen molar-refractivity contribution in [3.8, 4) is 0 Å². The van der Waals surface area contributed by atoms with Gasteiger partial charge in [0, 0.05) is 0 Å². The maximum atomic E-state index is 9.92. The summed E-state index contributed by atoms with van der Waals surface area (Å²) < 4.78 is 4.02. The number of rotatable bonds is 3. The summed E-state index contributed by atoms with van der Waals surface area (Å²) in [5.41, 5.74) is -0.537. The van der Waals surface area contributed by atoms with Crippen LogP contribution in [0.4, 0.5) is 4.79 Å². The molecule has 0 aliphatic heterocycles. The van der Waals surface area contributed by atoms with Crippen LogP contribution < -0.4 is 0 Å². The molecule has 0 aromatic carbocycles. The Kier molecular flexibility index (Phi) is 3.56. The second-order valence-electron chi connectivity index (χ2n) is 3.02. The second-order valence-corrected chi connectivity index (χ2v) is 3.02. The molecule has 0 aromatic rings. The van der Waals surface area contributed by atoms with E-state index in [0.717, 1.165) is 0 Å². The van der Waals surface area contributed by atoms with Gasteiger partial charge in [-0.25, -0.2) is 4.79 Å². The molecule has 70 valence electrons. The van der Waals surface area contributed by atoms with Crippen molar-refractivity contribution in [2.24, 2.45) is 0 Å². The molecule has 0 aliphatic rings. The summed E-state index contributed by atoms with van der Waals surface area (Å²) in [6, 6.07) is 0.